The summed E-state index contributed by atoms with van der Waals surface area (Å²) in [6, 6.07) is 20.7. The topological polar surface area (TPSA) is 51.5 Å². The second kappa shape index (κ2) is 7.51. The van der Waals surface area contributed by atoms with Crippen LogP contribution in [0.25, 0.3) is 0 Å². The number of hydrogen-bond donors (Lipinski definition) is 1. The molecule has 0 spiro atoms. The van der Waals surface area contributed by atoms with Crippen LogP contribution in [0.5, 0.6) is 5.75 Å². The van der Waals surface area contributed by atoms with Gasteiger partial charge in [0, 0.05) is 0 Å². The minimum absolute atomic E-state index is 0.0644. The molecule has 4 nitrogen and oxygen atoms in total. The number of nitrogens with one attached hydrogen (secondary N) is 1. The molecule has 1 atom stereocenters. The molecule has 0 aliphatic heterocycles. The molecule has 0 aliphatic carbocycles. The zero-order chi connectivity index (χ0) is 16.8. The SMILES string of the molecule is COc1ccc(CC(=O)N[C@@H](c2ccccc2)c2ccco2)cc1. The monoisotopic (exact) mass is 321 g/mol. The van der Waals surface area contributed by atoms with Crippen LogP contribution in [0, 0.1) is 0 Å². The van der Waals surface area contributed by atoms with Crippen LogP contribution in [-0.4, -0.2) is 13.0 Å². The average molecular weight is 321 g/mol. The Kier molecular flexibility index (Phi) is 4.96. The van der Waals surface area contributed by atoms with Crippen LogP contribution in [0.4, 0.5) is 0 Å². The Morgan fingerprint density at radius 1 is 1.04 bits per heavy atom. The highest BCUT2D eigenvalue weighted by Crippen LogP contribution is 2.22. The molecule has 3 aromatic rings. The van der Waals surface area contributed by atoms with Crippen molar-refractivity contribution in [3.05, 3.63) is 89.9 Å². The van der Waals surface area contributed by atoms with Gasteiger partial charge in [0.2, 0.25) is 5.91 Å². The molecule has 0 fully saturated rings. The van der Waals surface area contributed by atoms with Crippen LogP contribution in [0.1, 0.15) is 22.9 Å². The normalized spacial score (nSPS) is 11.7. The van der Waals surface area contributed by atoms with Gasteiger partial charge in [-0.25, -0.2) is 0 Å². The third kappa shape index (κ3) is 3.84. The van der Waals surface area contributed by atoms with Gasteiger partial charge in [-0.15, -0.1) is 0 Å². The van der Waals surface area contributed by atoms with E-state index in [2.05, 4.69) is 5.32 Å². The lowest BCUT2D eigenvalue weighted by Gasteiger charge is -2.17. The number of amides is 1. The van der Waals surface area contributed by atoms with Crippen molar-refractivity contribution in [1.82, 2.24) is 5.32 Å². The molecule has 1 amide bonds. The summed E-state index contributed by atoms with van der Waals surface area (Å²) >= 11 is 0. The maximum atomic E-state index is 12.5. The van der Waals surface area contributed by atoms with Crippen LogP contribution in [0.15, 0.2) is 77.4 Å². The Morgan fingerprint density at radius 2 is 1.79 bits per heavy atom. The van der Waals surface area contributed by atoms with Gasteiger partial charge in [-0.3, -0.25) is 4.79 Å². The molecular formula is C20H19NO3. The van der Waals surface area contributed by atoms with Crippen molar-refractivity contribution in [3.8, 4) is 5.75 Å². The van der Waals surface area contributed by atoms with Gasteiger partial charge in [0.15, 0.2) is 0 Å². The number of carbonyl (C=O) groups excluding carboxylic acids is 1. The van der Waals surface area contributed by atoms with E-state index in [9.17, 15) is 4.79 Å². The molecule has 2 aromatic carbocycles. The molecule has 1 heterocycles. The number of hydrogen-bond acceptors (Lipinski definition) is 3. The predicted octanol–water partition coefficient (Wildman–Crippen LogP) is 3.74. The molecule has 0 aliphatic rings. The molecule has 1 N–H and O–H groups in total. The third-order valence-corrected chi connectivity index (χ3v) is 3.79. The molecule has 122 valence electrons. The summed E-state index contributed by atoms with van der Waals surface area (Å²) in [5.74, 6) is 1.42. The van der Waals surface area contributed by atoms with Crippen LogP contribution in [0.2, 0.25) is 0 Å². The number of benzene rings is 2. The first-order valence-corrected chi connectivity index (χ1v) is 7.77. The summed E-state index contributed by atoms with van der Waals surface area (Å²) in [7, 11) is 1.62. The smallest absolute Gasteiger partial charge is 0.225 e. The van der Waals surface area contributed by atoms with Gasteiger partial charge in [0.25, 0.3) is 0 Å². The number of methoxy groups -OCH3 is 1. The predicted molar refractivity (Wildman–Crippen MR) is 91.8 cm³/mol. The Morgan fingerprint density at radius 3 is 2.42 bits per heavy atom. The Hall–Kier alpha value is -3.01. The molecular weight excluding hydrogens is 302 g/mol. The maximum absolute atomic E-state index is 12.5. The van der Waals surface area contributed by atoms with Crippen molar-refractivity contribution < 1.29 is 13.9 Å². The minimum atomic E-state index is -0.299. The largest absolute Gasteiger partial charge is 0.497 e. The first kappa shape index (κ1) is 15.9. The highest BCUT2D eigenvalue weighted by molar-refractivity contribution is 5.79. The summed E-state index contributed by atoms with van der Waals surface area (Å²) in [5.41, 5.74) is 1.91. The van der Waals surface area contributed by atoms with Crippen molar-refractivity contribution in [2.24, 2.45) is 0 Å². The van der Waals surface area contributed by atoms with E-state index < -0.39 is 0 Å². The van der Waals surface area contributed by atoms with E-state index in [0.29, 0.717) is 12.2 Å². The lowest BCUT2D eigenvalue weighted by molar-refractivity contribution is -0.121. The number of rotatable bonds is 6. The van der Waals surface area contributed by atoms with Crippen LogP contribution < -0.4 is 10.1 Å². The van der Waals surface area contributed by atoms with E-state index in [1.807, 2.05) is 66.7 Å². The van der Waals surface area contributed by atoms with Crippen molar-refractivity contribution in [3.63, 3.8) is 0 Å². The van der Waals surface area contributed by atoms with Gasteiger partial charge in [-0.05, 0) is 35.4 Å². The maximum Gasteiger partial charge on any atom is 0.225 e. The quantitative estimate of drug-likeness (QED) is 0.752. The average Bonchev–Trinajstić information content (AvgIpc) is 3.15. The number of furan rings is 1. The molecule has 0 saturated heterocycles. The molecule has 4 heteroatoms. The second-order valence-corrected chi connectivity index (χ2v) is 5.45. The summed E-state index contributed by atoms with van der Waals surface area (Å²) in [6.45, 7) is 0. The zero-order valence-electron chi connectivity index (χ0n) is 13.4. The van der Waals surface area contributed by atoms with Gasteiger partial charge in [-0.2, -0.15) is 0 Å². The minimum Gasteiger partial charge on any atom is -0.497 e. The molecule has 0 unspecified atom stereocenters. The molecule has 0 saturated carbocycles. The van der Waals surface area contributed by atoms with E-state index in [4.69, 9.17) is 9.15 Å². The zero-order valence-corrected chi connectivity index (χ0v) is 13.4. The molecule has 24 heavy (non-hydrogen) atoms. The lowest BCUT2D eigenvalue weighted by Crippen LogP contribution is -2.30. The van der Waals surface area contributed by atoms with Crippen molar-refractivity contribution in [1.29, 1.82) is 0 Å². The summed E-state index contributed by atoms with van der Waals surface area (Å²) in [4.78, 5) is 12.5. The van der Waals surface area contributed by atoms with Gasteiger partial charge < -0.3 is 14.5 Å². The van der Waals surface area contributed by atoms with E-state index in [-0.39, 0.29) is 11.9 Å². The molecule has 3 rings (SSSR count). The van der Waals surface area contributed by atoms with Gasteiger partial charge in [-0.1, -0.05) is 42.5 Å². The number of carbonyl (C=O) groups is 1. The van der Waals surface area contributed by atoms with Gasteiger partial charge >= 0.3 is 0 Å². The second-order valence-electron chi connectivity index (χ2n) is 5.45. The van der Waals surface area contributed by atoms with E-state index in [0.717, 1.165) is 16.9 Å². The highest BCUT2D eigenvalue weighted by atomic mass is 16.5. The van der Waals surface area contributed by atoms with Crippen molar-refractivity contribution in [2.75, 3.05) is 7.11 Å². The van der Waals surface area contributed by atoms with Crippen LogP contribution >= 0.6 is 0 Å². The first-order valence-electron chi connectivity index (χ1n) is 7.77. The Labute approximate surface area is 141 Å². The van der Waals surface area contributed by atoms with E-state index in [1.165, 1.54) is 0 Å². The van der Waals surface area contributed by atoms with E-state index >= 15 is 0 Å². The summed E-state index contributed by atoms with van der Waals surface area (Å²) in [6.07, 6.45) is 1.91. The Balaban J connectivity index is 1.73. The fourth-order valence-electron chi connectivity index (χ4n) is 2.56. The Bertz CT molecular complexity index is 764. The fourth-order valence-corrected chi connectivity index (χ4v) is 2.56. The van der Waals surface area contributed by atoms with Crippen LogP contribution in [0.3, 0.4) is 0 Å². The lowest BCUT2D eigenvalue weighted by atomic mass is 10.0. The van der Waals surface area contributed by atoms with Gasteiger partial charge in [0.1, 0.15) is 17.6 Å². The highest BCUT2D eigenvalue weighted by Gasteiger charge is 2.19. The summed E-state index contributed by atoms with van der Waals surface area (Å²) < 4.78 is 10.6. The number of ether oxygens (including phenoxy) is 1. The fraction of sp³-hybridized carbons (Fsp3) is 0.150. The molecule has 0 bridgehead atoms. The molecule has 1 aromatic heterocycles. The van der Waals surface area contributed by atoms with E-state index in [1.54, 1.807) is 13.4 Å². The van der Waals surface area contributed by atoms with Gasteiger partial charge in [0.05, 0.1) is 19.8 Å². The summed E-state index contributed by atoms with van der Waals surface area (Å²) in [5, 5.41) is 3.05. The van der Waals surface area contributed by atoms with Crippen LogP contribution in [-0.2, 0) is 11.2 Å². The van der Waals surface area contributed by atoms with Crippen molar-refractivity contribution >= 4 is 5.91 Å². The first-order chi connectivity index (χ1) is 11.8. The van der Waals surface area contributed by atoms with Crippen molar-refractivity contribution in [2.45, 2.75) is 12.5 Å². The third-order valence-electron chi connectivity index (χ3n) is 3.79. The standard InChI is InChI=1S/C20H19NO3/c1-23-17-11-9-15(10-12-17)14-19(22)21-20(18-8-5-13-24-18)16-6-3-2-4-7-16/h2-13,20H,14H2,1H3,(H,21,22)/t20-/m0/s1. The molecule has 0 radical (unpaired) electrons.